The summed E-state index contributed by atoms with van der Waals surface area (Å²) in [6, 6.07) is 67.3. The van der Waals surface area contributed by atoms with Gasteiger partial charge in [-0.05, 0) is 59.3 Å². The van der Waals surface area contributed by atoms with Gasteiger partial charge in [-0.1, -0.05) is 109 Å². The molecule has 0 fully saturated rings. The molecule has 0 unspecified atom stereocenters. The molecule has 0 aliphatic carbocycles. The minimum absolute atomic E-state index is 0. The number of hydrogen-bond acceptors (Lipinski definition) is 11. The van der Waals surface area contributed by atoms with Crippen molar-refractivity contribution in [2.45, 2.75) is 205 Å². The van der Waals surface area contributed by atoms with E-state index in [1.54, 1.807) is 20.1 Å². The third-order valence-electron chi connectivity index (χ3n) is 17.4. The van der Waals surface area contributed by atoms with Gasteiger partial charge in [0.1, 0.15) is 0 Å². The van der Waals surface area contributed by atoms with Crippen molar-refractivity contribution < 1.29 is 81.7 Å². The quantitative estimate of drug-likeness (QED) is 0.0286. The van der Waals surface area contributed by atoms with Crippen molar-refractivity contribution >= 4 is 89.6 Å². The molecule has 3 N–H and O–H groups in total. The summed E-state index contributed by atoms with van der Waals surface area (Å²) in [6.45, 7) is 39.2. The second kappa shape index (κ2) is 53.6. The Balaban J connectivity index is 0.00000137. The second-order valence-corrected chi connectivity index (χ2v) is 78.7. The van der Waals surface area contributed by atoms with Gasteiger partial charge in [0.15, 0.2) is 10.1 Å². The Bertz CT molecular complexity index is 3930. The van der Waals surface area contributed by atoms with Crippen LogP contribution in [0.2, 0.25) is 91.1 Å². The first kappa shape index (κ1) is 112. The number of halogens is 3. The van der Waals surface area contributed by atoms with Crippen LogP contribution in [0.4, 0.5) is 13.2 Å². The average Bonchev–Trinajstić information content (AvgIpc) is 0.825. The van der Waals surface area contributed by atoms with Crippen LogP contribution in [0.1, 0.15) is 104 Å². The van der Waals surface area contributed by atoms with Crippen molar-refractivity contribution in [3.63, 3.8) is 0 Å². The topological polar surface area (TPSA) is 182 Å². The van der Waals surface area contributed by atoms with Gasteiger partial charge < -0.3 is 24.9 Å². The third-order valence-corrected chi connectivity index (χ3v) is 35.1. The van der Waals surface area contributed by atoms with E-state index in [0.29, 0.717) is 29.6 Å². The molecule has 11 nitrogen and oxygen atoms in total. The molecule has 643 valence electrons. The number of nitrogens with zero attached hydrogens (tertiary/aromatic N) is 5. The summed E-state index contributed by atoms with van der Waals surface area (Å²) in [5.41, 5.74) is 12.7. The van der Waals surface area contributed by atoms with E-state index in [9.17, 15) is 13.2 Å². The largest absolute Gasteiger partial charge is 3.00 e. The maximum absolute atomic E-state index is 10.7. The monoisotopic (exact) mass is 2190 g/mol. The molecule has 10 rings (SSSR count). The molecule has 10 aromatic rings. The number of rotatable bonds is 20. The number of hydrogen-bond donors (Lipinski definition) is 3. The summed E-state index contributed by atoms with van der Waals surface area (Å²) in [5.74, 6) is 25.3. The standard InChI is InChI=1S/3C18H24GeN.C18H25NSi.C18H24NSi.C2H6O.CHF3O3S.2CH4O.2Ir/c3*1-14(2)11-16-12-18(15-9-7-6-8-10-15)20-13-17(16)19(3,4)5;2*1-14(2)11-16-12-17(15-9-7-6-8-10-15)19-13-18(16)20(3,4)5;1-2-3;2-1(3,4)8(5,6)7;2*1-2;;/h3*6-9,12-14H,11H2,1-5H3;6-10,12-14H,11H2,1-5H3;6-9,12-14H,11H2,1-5H3;3H,2H2,1H3;(H,5,6,7);2*2H,1H3;;/q3*-1;;-1;;;;;;+3/p-1. The summed E-state index contributed by atoms with van der Waals surface area (Å²) >= 11 is -5.57. The third kappa shape index (κ3) is 41.0. The van der Waals surface area contributed by atoms with Crippen LogP contribution in [-0.4, -0.2) is 135 Å². The van der Waals surface area contributed by atoms with E-state index in [1.807, 2.05) is 72.8 Å². The molecular weight excluding hydrogens is 2050 g/mol. The minimum atomic E-state index is -6.09. The first-order chi connectivity index (χ1) is 53.5. The molecule has 0 spiro atoms. The summed E-state index contributed by atoms with van der Waals surface area (Å²) in [4.78, 5) is 23.5. The van der Waals surface area contributed by atoms with Crippen LogP contribution in [0.25, 0.3) is 56.3 Å². The van der Waals surface area contributed by atoms with E-state index in [0.717, 1.165) is 97.0 Å². The van der Waals surface area contributed by atoms with E-state index in [-0.39, 0.29) is 46.8 Å². The van der Waals surface area contributed by atoms with Gasteiger partial charge in [-0.25, -0.2) is 8.42 Å². The molecule has 5 heterocycles. The molecule has 0 amide bonds. The van der Waals surface area contributed by atoms with Crippen LogP contribution in [0.3, 0.4) is 0 Å². The Labute approximate surface area is 741 Å². The van der Waals surface area contributed by atoms with Crippen molar-refractivity contribution in [1.82, 2.24) is 24.9 Å². The number of aliphatic hydroxyl groups is 3. The van der Waals surface area contributed by atoms with Crippen molar-refractivity contribution in [2.24, 2.45) is 29.6 Å². The Hall–Kier alpha value is -5.21. The molecule has 0 bridgehead atoms. The fourth-order valence-electron chi connectivity index (χ4n) is 12.5. The van der Waals surface area contributed by atoms with Crippen LogP contribution in [-0.2, 0) is 82.4 Å². The van der Waals surface area contributed by atoms with Gasteiger partial charge >= 0.3 is 402 Å². The van der Waals surface area contributed by atoms with Crippen LogP contribution < -0.4 is 23.6 Å². The number of aromatic nitrogens is 5. The van der Waals surface area contributed by atoms with E-state index >= 15 is 0 Å². The predicted octanol–water partition coefficient (Wildman–Crippen LogP) is 20.9. The van der Waals surface area contributed by atoms with Crippen molar-refractivity contribution in [3.05, 3.63) is 241 Å². The summed E-state index contributed by atoms with van der Waals surface area (Å²) < 4.78 is 63.5. The first-order valence-electron chi connectivity index (χ1n) is 40.0. The predicted molar refractivity (Wildman–Crippen MR) is 496 cm³/mol. The normalized spacial score (nSPS) is 11.4. The zero-order valence-corrected chi connectivity index (χ0v) is 88.9. The fraction of sp³-hybridized carbons (Fsp3) is 0.421. The van der Waals surface area contributed by atoms with E-state index in [2.05, 4.69) is 305 Å². The van der Waals surface area contributed by atoms with E-state index < -0.39 is 71.6 Å². The molecule has 1 radical (unpaired) electrons. The Morgan fingerprint density at radius 2 is 0.598 bits per heavy atom. The van der Waals surface area contributed by atoms with E-state index in [1.165, 1.54) is 43.8 Å². The molecule has 22 heteroatoms. The average molecular weight is 2190 g/mol. The summed E-state index contributed by atoms with van der Waals surface area (Å²) in [5, 5.41) is 24.6. The van der Waals surface area contributed by atoms with Crippen molar-refractivity contribution in [3.8, 4) is 56.3 Å². The van der Waals surface area contributed by atoms with Gasteiger partial charge in [0.05, 0.1) is 21.8 Å². The number of benzene rings is 5. The fourth-order valence-corrected chi connectivity index (χ4v) is 25.7. The molecule has 117 heavy (non-hydrogen) atoms. The van der Waals surface area contributed by atoms with Crippen molar-refractivity contribution in [2.75, 3.05) is 20.8 Å². The molecule has 5 aromatic heterocycles. The van der Waals surface area contributed by atoms with Gasteiger partial charge in [0.2, 0.25) is 0 Å². The Morgan fingerprint density at radius 1 is 0.393 bits per heavy atom. The van der Waals surface area contributed by atoms with Gasteiger partial charge in [0.25, 0.3) is 0 Å². The van der Waals surface area contributed by atoms with E-state index in [4.69, 9.17) is 48.2 Å². The van der Waals surface area contributed by atoms with Gasteiger partial charge in [-0.15, -0.1) is 35.9 Å². The number of pyridine rings is 5. The molecule has 0 aliphatic heterocycles. The SMILES string of the molecule is CC(C)Cc1cc(-c2[c-]cccc2)nc[c]1[Ge]([CH3])([CH3])[CH3].CC(C)Cc1cc(-c2[c-]cccc2)nc[c]1[Ge]([CH3])([CH3])[CH3].CC(C)Cc1cc(-c2[c-]cccc2)nc[c]1[Ge]([CH3])([CH3])[CH3].CC(C)Cc1cc(-c2[c-]cccc2)ncc1[Si](C)(C)C.CC(C)Cc1cc(-c2ccccc2)ncc1[Si](C)(C)C.CCO.CO.CO.O=S(=O)([O-])C(F)(F)F.[Ir+3].[Ir]. The van der Waals surface area contributed by atoms with Crippen LogP contribution >= 0.6 is 0 Å². The molecular formula is C95H135F3Ge3Ir2N5O6SSi2-2. The van der Waals surface area contributed by atoms with Crippen molar-refractivity contribution in [1.29, 1.82) is 0 Å². The van der Waals surface area contributed by atoms with Crippen LogP contribution in [0.15, 0.2) is 189 Å². The minimum Gasteiger partial charge on any atom is -0.741 e. The molecule has 0 atom stereocenters. The maximum atomic E-state index is 10.7. The van der Waals surface area contributed by atoms with Gasteiger partial charge in [-0.3, -0.25) is 4.98 Å². The molecule has 0 saturated heterocycles. The van der Waals surface area contributed by atoms with Gasteiger partial charge in [-0.2, -0.15) is 13.2 Å². The first-order valence-corrected chi connectivity index (χ1v) is 70.4. The smallest absolute Gasteiger partial charge is 0.741 e. The Kier molecular flexibility index (Phi) is 51.3. The Morgan fingerprint density at radius 3 is 0.803 bits per heavy atom. The number of aliphatic hydroxyl groups excluding tert-OH is 3. The summed E-state index contributed by atoms with van der Waals surface area (Å²) in [7, 11) is -6.76. The number of alkyl halides is 3. The maximum Gasteiger partial charge on any atom is 3.00 e. The zero-order valence-electron chi connectivity index (χ0n) is 75.0. The van der Waals surface area contributed by atoms with Crippen LogP contribution in [0.5, 0.6) is 0 Å². The van der Waals surface area contributed by atoms with Crippen LogP contribution in [0, 0.1) is 53.9 Å². The zero-order chi connectivity index (χ0) is 87.5. The summed E-state index contributed by atoms with van der Waals surface area (Å²) in [6.07, 6.45) is 16.3. The molecule has 5 aromatic carbocycles. The second-order valence-electron chi connectivity index (χ2n) is 35.6. The van der Waals surface area contributed by atoms with Gasteiger partial charge in [0, 0.05) is 58.9 Å². The molecule has 0 aliphatic rings. The molecule has 0 saturated carbocycles.